The molecule has 4 aromatic carbocycles. The third-order valence-corrected chi connectivity index (χ3v) is 6.19. The Balaban J connectivity index is 1.79. The van der Waals surface area contributed by atoms with Gasteiger partial charge >= 0.3 is 5.69 Å². The zero-order chi connectivity index (χ0) is 22.3. The number of aromatic amines is 1. The second-order valence-corrected chi connectivity index (χ2v) is 8.05. The molecule has 5 nitrogen and oxygen atoms in total. The first-order valence-corrected chi connectivity index (χ1v) is 10.8. The summed E-state index contributed by atoms with van der Waals surface area (Å²) in [4.78, 5) is 18.7. The minimum Gasteiger partial charge on any atom is -0.305 e. The molecule has 0 fully saturated rings. The Kier molecular flexibility index (Phi) is 4.40. The standard InChI is InChI=1S/C28H20N4O/c33-27-29-18-20-16-21-19-30-32(26(21)17-25(20)31-27)28(22-10-4-1-5-11-22,23-12-6-2-7-13-23)24-14-8-3-9-15-24/h1-19H,(H,29,31,33). The Morgan fingerprint density at radius 1 is 0.667 bits per heavy atom. The molecule has 1 N–H and O–H groups in total. The summed E-state index contributed by atoms with van der Waals surface area (Å²) in [6.45, 7) is 0. The number of H-pyrrole nitrogens is 1. The fraction of sp³-hybridized carbons (Fsp3) is 0.0357. The van der Waals surface area contributed by atoms with Gasteiger partial charge < -0.3 is 4.98 Å². The van der Waals surface area contributed by atoms with E-state index in [1.807, 2.05) is 36.5 Å². The lowest BCUT2D eigenvalue weighted by Gasteiger charge is -2.37. The van der Waals surface area contributed by atoms with Gasteiger partial charge in [0, 0.05) is 17.0 Å². The molecule has 2 heterocycles. The molecule has 0 amide bonds. The monoisotopic (exact) mass is 428 g/mol. The minimum absolute atomic E-state index is 0.367. The first kappa shape index (κ1) is 19.2. The normalized spacial score (nSPS) is 11.8. The zero-order valence-electron chi connectivity index (χ0n) is 17.7. The zero-order valence-corrected chi connectivity index (χ0v) is 17.7. The van der Waals surface area contributed by atoms with Gasteiger partial charge in [-0.05, 0) is 28.8 Å². The molecule has 0 atom stereocenters. The quantitative estimate of drug-likeness (QED) is 0.397. The van der Waals surface area contributed by atoms with E-state index in [1.165, 1.54) is 0 Å². The van der Waals surface area contributed by atoms with E-state index in [9.17, 15) is 4.79 Å². The lowest BCUT2D eigenvalue weighted by molar-refractivity contribution is 0.476. The van der Waals surface area contributed by atoms with Crippen molar-refractivity contribution in [3.63, 3.8) is 0 Å². The fourth-order valence-corrected chi connectivity index (χ4v) is 4.75. The maximum atomic E-state index is 11.9. The molecule has 33 heavy (non-hydrogen) atoms. The number of benzene rings is 4. The number of hydrogen-bond acceptors (Lipinski definition) is 3. The Bertz CT molecular complexity index is 1520. The van der Waals surface area contributed by atoms with E-state index >= 15 is 0 Å². The van der Waals surface area contributed by atoms with Crippen molar-refractivity contribution in [3.05, 3.63) is 143 Å². The molecule has 6 rings (SSSR count). The maximum Gasteiger partial charge on any atom is 0.345 e. The van der Waals surface area contributed by atoms with Crippen LogP contribution in [0.25, 0.3) is 21.8 Å². The molecule has 158 valence electrons. The summed E-state index contributed by atoms with van der Waals surface area (Å²) in [5, 5.41) is 6.79. The van der Waals surface area contributed by atoms with Gasteiger partial charge in [-0.2, -0.15) is 5.10 Å². The molecule has 0 aliphatic carbocycles. The van der Waals surface area contributed by atoms with Crippen molar-refractivity contribution in [1.29, 1.82) is 0 Å². The van der Waals surface area contributed by atoms with Crippen molar-refractivity contribution in [3.8, 4) is 0 Å². The first-order valence-electron chi connectivity index (χ1n) is 10.8. The molecule has 0 aliphatic rings. The largest absolute Gasteiger partial charge is 0.345 e. The van der Waals surface area contributed by atoms with Gasteiger partial charge in [-0.15, -0.1) is 0 Å². The van der Waals surface area contributed by atoms with Gasteiger partial charge in [-0.3, -0.25) is 0 Å². The smallest absolute Gasteiger partial charge is 0.305 e. The van der Waals surface area contributed by atoms with E-state index in [4.69, 9.17) is 5.10 Å². The SMILES string of the molecule is O=c1ncc2cc3cnn(C(c4ccccc4)(c4ccccc4)c4ccccc4)c3cc2[nH]1. The fourth-order valence-electron chi connectivity index (χ4n) is 4.75. The van der Waals surface area contributed by atoms with Crippen molar-refractivity contribution in [1.82, 2.24) is 19.7 Å². The second-order valence-electron chi connectivity index (χ2n) is 8.05. The molecular weight excluding hydrogens is 408 g/mol. The van der Waals surface area contributed by atoms with E-state index in [2.05, 4.69) is 87.4 Å². The van der Waals surface area contributed by atoms with Gasteiger partial charge in [-0.1, -0.05) is 91.0 Å². The second kappa shape index (κ2) is 7.57. The van der Waals surface area contributed by atoms with Crippen molar-refractivity contribution in [2.75, 3.05) is 0 Å². The third kappa shape index (κ3) is 2.97. The van der Waals surface area contributed by atoms with Crippen molar-refractivity contribution in [2.45, 2.75) is 5.54 Å². The van der Waals surface area contributed by atoms with E-state index in [0.29, 0.717) is 0 Å². The van der Waals surface area contributed by atoms with E-state index in [1.54, 1.807) is 6.20 Å². The molecule has 5 heteroatoms. The maximum absolute atomic E-state index is 11.9. The van der Waals surface area contributed by atoms with Crippen LogP contribution in [0.1, 0.15) is 16.7 Å². The van der Waals surface area contributed by atoms with Gasteiger partial charge in [0.15, 0.2) is 0 Å². The molecule has 0 spiro atoms. The molecule has 0 radical (unpaired) electrons. The molecule has 2 aromatic heterocycles. The topological polar surface area (TPSA) is 63.6 Å². The summed E-state index contributed by atoms with van der Waals surface area (Å²) < 4.78 is 2.07. The number of hydrogen-bond donors (Lipinski definition) is 1. The van der Waals surface area contributed by atoms with Gasteiger partial charge in [0.05, 0.1) is 17.2 Å². The number of nitrogens with zero attached hydrogens (tertiary/aromatic N) is 3. The highest BCUT2D eigenvalue weighted by atomic mass is 16.1. The summed E-state index contributed by atoms with van der Waals surface area (Å²) in [7, 11) is 0. The van der Waals surface area contributed by atoms with Crippen molar-refractivity contribution < 1.29 is 0 Å². The van der Waals surface area contributed by atoms with Crippen LogP contribution >= 0.6 is 0 Å². The highest BCUT2D eigenvalue weighted by molar-refractivity contribution is 5.94. The molecule has 0 unspecified atom stereocenters. The van der Waals surface area contributed by atoms with Gasteiger partial charge in [0.25, 0.3) is 0 Å². The Morgan fingerprint density at radius 2 is 1.21 bits per heavy atom. The highest BCUT2D eigenvalue weighted by Gasteiger charge is 2.40. The average Bonchev–Trinajstić information content (AvgIpc) is 3.28. The predicted molar refractivity (Wildman–Crippen MR) is 130 cm³/mol. The molecule has 6 aromatic rings. The summed E-state index contributed by atoms with van der Waals surface area (Å²) in [5.74, 6) is 0. The summed E-state index contributed by atoms with van der Waals surface area (Å²) in [5.41, 5.74) is 3.84. The molecule has 0 saturated heterocycles. The van der Waals surface area contributed by atoms with E-state index in [0.717, 1.165) is 38.5 Å². The summed E-state index contributed by atoms with van der Waals surface area (Å²) in [6, 6.07) is 35.3. The molecule has 0 aliphatic heterocycles. The Labute approximate surface area is 190 Å². The number of fused-ring (bicyclic) bond motifs is 2. The minimum atomic E-state index is -0.716. The van der Waals surface area contributed by atoms with Crippen LogP contribution in [0.3, 0.4) is 0 Å². The van der Waals surface area contributed by atoms with Gasteiger partial charge in [0.1, 0.15) is 5.54 Å². The summed E-state index contributed by atoms with van der Waals surface area (Å²) >= 11 is 0. The van der Waals surface area contributed by atoms with Gasteiger partial charge in [-0.25, -0.2) is 14.5 Å². The van der Waals surface area contributed by atoms with Crippen LogP contribution < -0.4 is 5.69 Å². The Morgan fingerprint density at radius 3 is 1.76 bits per heavy atom. The predicted octanol–water partition coefficient (Wildman–Crippen LogP) is 5.11. The van der Waals surface area contributed by atoms with Crippen molar-refractivity contribution in [2.24, 2.45) is 0 Å². The van der Waals surface area contributed by atoms with Crippen LogP contribution in [0.5, 0.6) is 0 Å². The highest BCUT2D eigenvalue weighted by Crippen LogP contribution is 2.42. The Hall–Kier alpha value is -4.51. The number of rotatable bonds is 4. The van der Waals surface area contributed by atoms with Crippen LogP contribution in [0.2, 0.25) is 0 Å². The van der Waals surface area contributed by atoms with E-state index < -0.39 is 5.54 Å². The molecular formula is C28H20N4O. The van der Waals surface area contributed by atoms with Crippen LogP contribution in [0.4, 0.5) is 0 Å². The summed E-state index contributed by atoms with van der Waals surface area (Å²) in [6.07, 6.45) is 3.48. The van der Waals surface area contributed by atoms with Crippen LogP contribution in [0.15, 0.2) is 120 Å². The average molecular weight is 428 g/mol. The lowest BCUT2D eigenvalue weighted by Crippen LogP contribution is -2.38. The van der Waals surface area contributed by atoms with Gasteiger partial charge in [0.2, 0.25) is 0 Å². The lowest BCUT2D eigenvalue weighted by atomic mass is 9.77. The molecule has 0 bridgehead atoms. The van der Waals surface area contributed by atoms with Crippen LogP contribution in [-0.4, -0.2) is 19.7 Å². The van der Waals surface area contributed by atoms with Crippen molar-refractivity contribution >= 4 is 21.8 Å². The van der Waals surface area contributed by atoms with Crippen LogP contribution in [0, 0.1) is 0 Å². The van der Waals surface area contributed by atoms with E-state index in [-0.39, 0.29) is 5.69 Å². The number of aromatic nitrogens is 4. The molecule has 0 saturated carbocycles. The van der Waals surface area contributed by atoms with Crippen LogP contribution in [-0.2, 0) is 5.54 Å². The first-order chi connectivity index (χ1) is 16.3. The number of nitrogens with one attached hydrogen (secondary N) is 1. The third-order valence-electron chi connectivity index (χ3n) is 6.19.